The first-order chi connectivity index (χ1) is 8.33. The predicted molar refractivity (Wildman–Crippen MR) is 74.7 cm³/mol. The summed E-state index contributed by atoms with van der Waals surface area (Å²) in [5, 5.41) is 3.46. The van der Waals surface area contributed by atoms with E-state index in [0.717, 1.165) is 18.9 Å². The summed E-state index contributed by atoms with van der Waals surface area (Å²) in [6.07, 6.45) is 2.45. The van der Waals surface area contributed by atoms with Gasteiger partial charge in [-0.25, -0.2) is 0 Å². The molecule has 17 heavy (non-hydrogen) atoms. The lowest BCUT2D eigenvalue weighted by Gasteiger charge is -2.19. The van der Waals surface area contributed by atoms with Crippen LogP contribution in [0, 0.1) is 5.92 Å². The summed E-state index contributed by atoms with van der Waals surface area (Å²) >= 11 is 0. The zero-order chi connectivity index (χ0) is 12.1. The molecule has 1 atom stereocenters. The van der Waals surface area contributed by atoms with Gasteiger partial charge in [-0.2, -0.15) is 0 Å². The van der Waals surface area contributed by atoms with E-state index in [1.807, 2.05) is 0 Å². The second-order valence-electron chi connectivity index (χ2n) is 4.93. The van der Waals surface area contributed by atoms with Gasteiger partial charge in [-0.05, 0) is 49.5 Å². The number of anilines is 1. The molecule has 2 rings (SSSR count). The quantitative estimate of drug-likeness (QED) is 0.839. The Balaban J connectivity index is 1.94. The van der Waals surface area contributed by atoms with Gasteiger partial charge in [0.25, 0.3) is 0 Å². The minimum Gasteiger partial charge on any atom is -0.371 e. The molecule has 0 amide bonds. The Hall–Kier alpha value is -1.02. The Morgan fingerprint density at radius 1 is 1.35 bits per heavy atom. The van der Waals surface area contributed by atoms with Gasteiger partial charge in [0.05, 0.1) is 0 Å². The number of hydrogen-bond donors (Lipinski definition) is 1. The zero-order valence-corrected chi connectivity index (χ0v) is 11.1. The van der Waals surface area contributed by atoms with Gasteiger partial charge < -0.3 is 10.2 Å². The average Bonchev–Trinajstić information content (AvgIpc) is 2.85. The highest BCUT2D eigenvalue weighted by molar-refractivity contribution is 5.49. The minimum absolute atomic E-state index is 0.820. The van der Waals surface area contributed by atoms with Gasteiger partial charge in [0, 0.05) is 18.8 Å². The molecule has 0 bridgehead atoms. The van der Waals surface area contributed by atoms with Crippen LogP contribution < -0.4 is 10.2 Å². The Morgan fingerprint density at radius 2 is 2.24 bits per heavy atom. The van der Waals surface area contributed by atoms with Crippen molar-refractivity contribution < 1.29 is 0 Å². The van der Waals surface area contributed by atoms with E-state index in [0.29, 0.717) is 0 Å². The number of aryl methyl sites for hydroxylation is 1. The molecule has 2 nitrogen and oxygen atoms in total. The number of benzene rings is 1. The first kappa shape index (κ1) is 12.4. The maximum absolute atomic E-state index is 3.46. The molecule has 0 spiro atoms. The number of rotatable bonds is 5. The van der Waals surface area contributed by atoms with Gasteiger partial charge in [0.2, 0.25) is 0 Å². The second-order valence-corrected chi connectivity index (χ2v) is 4.93. The van der Waals surface area contributed by atoms with Gasteiger partial charge in [0.15, 0.2) is 0 Å². The number of nitrogens with zero attached hydrogens (tertiary/aromatic N) is 1. The molecular weight excluding hydrogens is 208 g/mol. The molecule has 2 heteroatoms. The van der Waals surface area contributed by atoms with Crippen molar-refractivity contribution in [2.75, 3.05) is 31.1 Å². The van der Waals surface area contributed by atoms with Crippen LogP contribution in [0.1, 0.15) is 25.8 Å². The van der Waals surface area contributed by atoms with Crippen molar-refractivity contribution in [1.29, 1.82) is 0 Å². The van der Waals surface area contributed by atoms with Crippen LogP contribution in [0.3, 0.4) is 0 Å². The smallest absolute Gasteiger partial charge is 0.0369 e. The van der Waals surface area contributed by atoms with Crippen LogP contribution in [-0.2, 0) is 6.42 Å². The Kier molecular flexibility index (Phi) is 4.43. The molecule has 1 aromatic rings. The third-order valence-corrected chi connectivity index (χ3v) is 3.65. The first-order valence-electron chi connectivity index (χ1n) is 6.88. The molecule has 1 aliphatic heterocycles. The normalized spacial score (nSPS) is 19.9. The average molecular weight is 232 g/mol. The van der Waals surface area contributed by atoms with Crippen molar-refractivity contribution in [1.82, 2.24) is 5.32 Å². The van der Waals surface area contributed by atoms with E-state index in [1.165, 1.54) is 37.3 Å². The monoisotopic (exact) mass is 232 g/mol. The van der Waals surface area contributed by atoms with Gasteiger partial charge in [-0.1, -0.05) is 26.0 Å². The fourth-order valence-electron chi connectivity index (χ4n) is 2.56. The lowest BCUT2D eigenvalue weighted by atomic mass is 10.1. The highest BCUT2D eigenvalue weighted by atomic mass is 15.2. The molecule has 0 saturated carbocycles. The lowest BCUT2D eigenvalue weighted by Crippen LogP contribution is -2.26. The fourth-order valence-corrected chi connectivity index (χ4v) is 2.56. The van der Waals surface area contributed by atoms with Crippen LogP contribution in [0.15, 0.2) is 24.3 Å². The van der Waals surface area contributed by atoms with E-state index in [2.05, 4.69) is 48.3 Å². The van der Waals surface area contributed by atoms with Crippen molar-refractivity contribution in [2.45, 2.75) is 26.7 Å². The van der Waals surface area contributed by atoms with Crippen molar-refractivity contribution in [2.24, 2.45) is 5.92 Å². The summed E-state index contributed by atoms with van der Waals surface area (Å²) in [7, 11) is 0. The molecule has 94 valence electrons. The zero-order valence-electron chi connectivity index (χ0n) is 11.1. The molecule has 1 saturated heterocycles. The van der Waals surface area contributed by atoms with Gasteiger partial charge in [-0.3, -0.25) is 0 Å². The fraction of sp³-hybridized carbons (Fsp3) is 0.600. The van der Waals surface area contributed by atoms with Crippen LogP contribution in [-0.4, -0.2) is 26.2 Å². The topological polar surface area (TPSA) is 15.3 Å². The van der Waals surface area contributed by atoms with E-state index < -0.39 is 0 Å². The highest BCUT2D eigenvalue weighted by Gasteiger charge is 2.22. The van der Waals surface area contributed by atoms with Crippen LogP contribution in [0.2, 0.25) is 0 Å². The summed E-state index contributed by atoms with van der Waals surface area (Å²) in [4.78, 5) is 2.53. The van der Waals surface area contributed by atoms with Gasteiger partial charge >= 0.3 is 0 Å². The second kappa shape index (κ2) is 6.06. The molecule has 1 aromatic carbocycles. The molecule has 1 fully saturated rings. The van der Waals surface area contributed by atoms with Gasteiger partial charge in [-0.15, -0.1) is 0 Å². The first-order valence-corrected chi connectivity index (χ1v) is 6.88. The van der Waals surface area contributed by atoms with Crippen LogP contribution in [0.5, 0.6) is 0 Å². The summed E-state index contributed by atoms with van der Waals surface area (Å²) in [6.45, 7) is 9.07. The predicted octanol–water partition coefficient (Wildman–Crippen LogP) is 2.68. The summed E-state index contributed by atoms with van der Waals surface area (Å²) in [5.41, 5.74) is 2.85. The van der Waals surface area contributed by atoms with E-state index >= 15 is 0 Å². The maximum atomic E-state index is 3.46. The molecule has 0 aliphatic carbocycles. The molecule has 1 unspecified atom stereocenters. The van der Waals surface area contributed by atoms with E-state index in [9.17, 15) is 0 Å². The largest absolute Gasteiger partial charge is 0.371 e. The maximum Gasteiger partial charge on any atom is 0.0369 e. The Bertz CT molecular complexity index is 349. The van der Waals surface area contributed by atoms with Gasteiger partial charge in [0.1, 0.15) is 0 Å². The summed E-state index contributed by atoms with van der Waals surface area (Å²) < 4.78 is 0. The molecule has 1 heterocycles. The van der Waals surface area contributed by atoms with Crippen LogP contribution in [0.25, 0.3) is 0 Å². The standard InChI is InChI=1S/C15H24N2/c1-3-13-6-5-7-15(10-13)17-9-8-14(12-17)11-16-4-2/h5-7,10,14,16H,3-4,8-9,11-12H2,1-2H3. The molecule has 0 radical (unpaired) electrons. The highest BCUT2D eigenvalue weighted by Crippen LogP contribution is 2.24. The Morgan fingerprint density at radius 3 is 3.00 bits per heavy atom. The molecule has 1 aliphatic rings. The van der Waals surface area contributed by atoms with Crippen molar-refractivity contribution >= 4 is 5.69 Å². The summed E-state index contributed by atoms with van der Waals surface area (Å²) in [5.74, 6) is 0.820. The minimum atomic E-state index is 0.820. The molecular formula is C15H24N2. The Labute approximate surface area is 105 Å². The van der Waals surface area contributed by atoms with Crippen LogP contribution in [0.4, 0.5) is 5.69 Å². The van der Waals surface area contributed by atoms with E-state index in [1.54, 1.807) is 0 Å². The SMILES string of the molecule is CCNCC1CCN(c2cccc(CC)c2)C1. The van der Waals surface area contributed by atoms with E-state index in [4.69, 9.17) is 0 Å². The van der Waals surface area contributed by atoms with Crippen molar-refractivity contribution in [3.05, 3.63) is 29.8 Å². The van der Waals surface area contributed by atoms with Crippen LogP contribution >= 0.6 is 0 Å². The third kappa shape index (κ3) is 3.22. The lowest BCUT2D eigenvalue weighted by molar-refractivity contribution is 0.528. The van der Waals surface area contributed by atoms with Crippen molar-refractivity contribution in [3.63, 3.8) is 0 Å². The molecule has 0 aromatic heterocycles. The number of hydrogen-bond acceptors (Lipinski definition) is 2. The number of nitrogens with one attached hydrogen (secondary N) is 1. The summed E-state index contributed by atoms with van der Waals surface area (Å²) in [6, 6.07) is 8.99. The molecule has 1 N–H and O–H groups in total. The third-order valence-electron chi connectivity index (χ3n) is 3.65. The van der Waals surface area contributed by atoms with E-state index in [-0.39, 0.29) is 0 Å². The van der Waals surface area contributed by atoms with Crippen molar-refractivity contribution in [3.8, 4) is 0 Å².